The second-order valence-electron chi connectivity index (χ2n) is 7.55. The van der Waals surface area contributed by atoms with Crippen LogP contribution in [0.5, 0.6) is 0 Å². The van der Waals surface area contributed by atoms with Crippen molar-refractivity contribution in [3.63, 3.8) is 0 Å². The fourth-order valence-electron chi connectivity index (χ4n) is 3.30. The summed E-state index contributed by atoms with van der Waals surface area (Å²) in [7, 11) is 0. The van der Waals surface area contributed by atoms with Gasteiger partial charge >= 0.3 is 5.63 Å². The number of hydrogen-bond donors (Lipinski definition) is 2. The number of aromatic nitrogens is 1. The van der Waals surface area contributed by atoms with E-state index in [1.165, 1.54) is 49.9 Å². The molecule has 0 bridgehead atoms. The van der Waals surface area contributed by atoms with E-state index >= 15 is 0 Å². The monoisotopic (exact) mass is 421 g/mol. The van der Waals surface area contributed by atoms with Crippen molar-refractivity contribution in [1.29, 1.82) is 0 Å². The van der Waals surface area contributed by atoms with Crippen LogP contribution < -0.4 is 16.3 Å². The van der Waals surface area contributed by atoms with Crippen LogP contribution in [-0.4, -0.2) is 24.0 Å². The molecule has 0 atom stereocenters. The van der Waals surface area contributed by atoms with Gasteiger partial charge in [-0.25, -0.2) is 4.79 Å². The third kappa shape index (κ3) is 7.14. The van der Waals surface area contributed by atoms with Crippen molar-refractivity contribution in [1.82, 2.24) is 10.3 Å². The Kier molecular flexibility index (Phi) is 10.2. The molecule has 1 amide bonds. The summed E-state index contributed by atoms with van der Waals surface area (Å²) in [6, 6.07) is 0.240. The molecule has 0 aliphatic carbocycles. The Morgan fingerprint density at radius 3 is 2.31 bits per heavy atom. The number of anilines is 1. The smallest absolute Gasteiger partial charge is 0.349 e. The highest BCUT2D eigenvalue weighted by molar-refractivity contribution is 7.20. The molecule has 2 aromatic heterocycles. The molecular weight excluding hydrogens is 386 g/mol. The van der Waals surface area contributed by atoms with Crippen LogP contribution in [-0.2, 0) is 0 Å². The van der Waals surface area contributed by atoms with E-state index in [1.54, 1.807) is 6.92 Å². The van der Waals surface area contributed by atoms with Crippen LogP contribution in [0.2, 0.25) is 0 Å². The van der Waals surface area contributed by atoms with E-state index in [1.807, 2.05) is 0 Å². The van der Waals surface area contributed by atoms with E-state index in [2.05, 4.69) is 29.5 Å². The van der Waals surface area contributed by atoms with Gasteiger partial charge in [0.05, 0.1) is 4.88 Å². The maximum Gasteiger partial charge on any atom is 0.349 e. The molecule has 0 aromatic carbocycles. The summed E-state index contributed by atoms with van der Waals surface area (Å²) >= 11 is 1.26. The van der Waals surface area contributed by atoms with Crippen LogP contribution in [0.1, 0.15) is 93.3 Å². The van der Waals surface area contributed by atoms with E-state index in [0.717, 1.165) is 32.2 Å². The maximum absolute atomic E-state index is 12.5. The third-order valence-corrected chi connectivity index (χ3v) is 6.24. The number of aryl methyl sites for hydroxylation is 1. The molecule has 2 N–H and O–H groups in total. The average molecular weight is 422 g/mol. The summed E-state index contributed by atoms with van der Waals surface area (Å²) in [4.78, 5) is 30.5. The Labute approximate surface area is 177 Å². The molecule has 0 aliphatic heterocycles. The van der Waals surface area contributed by atoms with E-state index in [-0.39, 0.29) is 11.9 Å². The molecule has 2 rings (SSSR count). The number of nitrogens with one attached hydrogen (secondary N) is 2. The van der Waals surface area contributed by atoms with Crippen LogP contribution in [0, 0.1) is 6.92 Å². The second kappa shape index (κ2) is 12.6. The van der Waals surface area contributed by atoms with E-state index in [9.17, 15) is 9.59 Å². The standard InChI is InChI=1S/C22H35N3O3S/c1-4-6-8-10-11-13-15-24-22-25-20-17(21(27)28-22)16(3)18(29-20)19(26)23-14-12-9-7-5-2/h4-15H2,1-3H3,(H,23,26)(H,24,25). The van der Waals surface area contributed by atoms with Crippen molar-refractivity contribution < 1.29 is 9.21 Å². The lowest BCUT2D eigenvalue weighted by molar-refractivity contribution is 0.0956. The molecule has 6 nitrogen and oxygen atoms in total. The minimum atomic E-state index is -0.434. The SMILES string of the molecule is CCCCCCCCNc1nc2sc(C(=O)NCCCCCC)c(C)c2c(=O)o1. The summed E-state index contributed by atoms with van der Waals surface area (Å²) < 4.78 is 5.33. The molecule has 0 spiro atoms. The second-order valence-corrected chi connectivity index (χ2v) is 8.55. The number of carbonyl (C=O) groups is 1. The van der Waals surface area contributed by atoms with Gasteiger partial charge in [-0.05, 0) is 25.3 Å². The van der Waals surface area contributed by atoms with Crippen LogP contribution >= 0.6 is 11.3 Å². The summed E-state index contributed by atoms with van der Waals surface area (Å²) in [5, 5.41) is 6.47. The van der Waals surface area contributed by atoms with E-state index < -0.39 is 5.63 Å². The quantitative estimate of drug-likeness (QED) is 0.386. The van der Waals surface area contributed by atoms with Gasteiger partial charge in [0.2, 0.25) is 0 Å². The summed E-state index contributed by atoms with van der Waals surface area (Å²) in [5.74, 6) is -0.136. The van der Waals surface area contributed by atoms with Crippen molar-refractivity contribution in [3.05, 3.63) is 20.9 Å². The maximum atomic E-state index is 12.5. The molecule has 0 saturated carbocycles. The van der Waals surface area contributed by atoms with Crippen molar-refractivity contribution in [2.24, 2.45) is 0 Å². The fourth-order valence-corrected chi connectivity index (χ4v) is 4.38. The Bertz CT molecular complexity index is 829. The Hall–Kier alpha value is -1.89. The molecule has 2 aromatic rings. The number of hydrogen-bond acceptors (Lipinski definition) is 6. The number of fused-ring (bicyclic) bond motifs is 1. The molecular formula is C22H35N3O3S. The first-order valence-corrected chi connectivity index (χ1v) is 11.9. The van der Waals surface area contributed by atoms with Crippen LogP contribution in [0.3, 0.4) is 0 Å². The predicted molar refractivity (Wildman–Crippen MR) is 121 cm³/mol. The highest BCUT2D eigenvalue weighted by atomic mass is 32.1. The summed E-state index contributed by atoms with van der Waals surface area (Å²) in [5.41, 5.74) is 0.218. The molecule has 0 saturated heterocycles. The Balaban J connectivity index is 1.95. The minimum Gasteiger partial charge on any atom is -0.389 e. The molecule has 0 radical (unpaired) electrons. The molecule has 0 unspecified atom stereocenters. The highest BCUT2D eigenvalue weighted by Crippen LogP contribution is 2.28. The van der Waals surface area contributed by atoms with Gasteiger partial charge < -0.3 is 15.1 Å². The zero-order valence-corrected chi connectivity index (χ0v) is 18.9. The van der Waals surface area contributed by atoms with Crippen molar-refractivity contribution in [2.45, 2.75) is 85.0 Å². The van der Waals surface area contributed by atoms with Crippen LogP contribution in [0.15, 0.2) is 9.21 Å². The van der Waals surface area contributed by atoms with Crippen LogP contribution in [0.25, 0.3) is 10.2 Å². The lowest BCUT2D eigenvalue weighted by Crippen LogP contribution is -2.24. The Morgan fingerprint density at radius 1 is 0.966 bits per heavy atom. The van der Waals surface area contributed by atoms with E-state index in [4.69, 9.17) is 4.42 Å². The van der Waals surface area contributed by atoms with Crippen molar-refractivity contribution in [2.75, 3.05) is 18.4 Å². The molecule has 162 valence electrons. The normalized spacial score (nSPS) is 11.1. The number of carbonyl (C=O) groups excluding carboxylic acids is 1. The largest absolute Gasteiger partial charge is 0.389 e. The van der Waals surface area contributed by atoms with Gasteiger partial charge in [-0.1, -0.05) is 65.2 Å². The number of rotatable bonds is 14. The van der Waals surface area contributed by atoms with E-state index in [0.29, 0.717) is 27.2 Å². The molecule has 7 heteroatoms. The molecule has 29 heavy (non-hydrogen) atoms. The lowest BCUT2D eigenvalue weighted by atomic mass is 10.1. The van der Waals surface area contributed by atoms with Gasteiger partial charge in [0, 0.05) is 13.1 Å². The number of thiophene rings is 1. The summed E-state index contributed by atoms with van der Waals surface area (Å²) in [6.45, 7) is 7.53. The first-order chi connectivity index (χ1) is 14.1. The van der Waals surface area contributed by atoms with Gasteiger partial charge in [0.15, 0.2) is 0 Å². The van der Waals surface area contributed by atoms with Crippen molar-refractivity contribution in [3.8, 4) is 0 Å². The van der Waals surface area contributed by atoms with Gasteiger partial charge in [-0.2, -0.15) is 4.98 Å². The number of amides is 1. The third-order valence-electron chi connectivity index (χ3n) is 5.05. The first-order valence-electron chi connectivity index (χ1n) is 11.0. The number of unbranched alkanes of at least 4 members (excludes halogenated alkanes) is 8. The van der Waals surface area contributed by atoms with Gasteiger partial charge in [0.1, 0.15) is 10.2 Å². The summed E-state index contributed by atoms with van der Waals surface area (Å²) in [6.07, 6.45) is 11.6. The fraction of sp³-hybridized carbons (Fsp3) is 0.682. The predicted octanol–water partition coefficient (Wildman–Crippen LogP) is 5.64. The topological polar surface area (TPSA) is 84.2 Å². The zero-order chi connectivity index (χ0) is 21.1. The first kappa shape index (κ1) is 23.4. The Morgan fingerprint density at radius 2 is 1.59 bits per heavy atom. The minimum absolute atomic E-state index is 0.136. The molecule has 0 aliphatic rings. The van der Waals surface area contributed by atoms with Gasteiger partial charge in [0.25, 0.3) is 11.9 Å². The van der Waals surface area contributed by atoms with Gasteiger partial charge in [-0.3, -0.25) is 4.79 Å². The lowest BCUT2D eigenvalue weighted by Gasteiger charge is -2.04. The number of nitrogens with zero attached hydrogens (tertiary/aromatic N) is 1. The molecule has 0 fully saturated rings. The van der Waals surface area contributed by atoms with Gasteiger partial charge in [-0.15, -0.1) is 11.3 Å². The van der Waals surface area contributed by atoms with Crippen molar-refractivity contribution >= 4 is 33.5 Å². The van der Waals surface area contributed by atoms with Crippen LogP contribution in [0.4, 0.5) is 6.01 Å². The molecule has 2 heterocycles. The highest BCUT2D eigenvalue weighted by Gasteiger charge is 2.20. The average Bonchev–Trinajstić information content (AvgIpc) is 3.04. The zero-order valence-electron chi connectivity index (χ0n) is 18.1.